The third-order valence-electron chi connectivity index (χ3n) is 4.86. The summed E-state index contributed by atoms with van der Waals surface area (Å²) in [6.07, 6.45) is 0. The molecular weight excluding hydrogens is 457 g/mol. The van der Waals surface area contributed by atoms with Crippen LogP contribution in [0.25, 0.3) is 0 Å². The van der Waals surface area contributed by atoms with Crippen LogP contribution < -0.4 is 15.5 Å². The first-order chi connectivity index (χ1) is 15.8. The van der Waals surface area contributed by atoms with Gasteiger partial charge in [-0.2, -0.15) is 0 Å². The maximum absolute atomic E-state index is 13.3. The third kappa shape index (κ3) is 8.06. The van der Waals surface area contributed by atoms with Crippen molar-refractivity contribution in [2.24, 2.45) is 0 Å². The molecule has 0 aromatic heterocycles. The van der Waals surface area contributed by atoms with Crippen molar-refractivity contribution in [3.8, 4) is 0 Å². The lowest BCUT2D eigenvalue weighted by Crippen LogP contribution is -2.54. The van der Waals surface area contributed by atoms with Crippen molar-refractivity contribution >= 4 is 39.9 Å². The van der Waals surface area contributed by atoms with Gasteiger partial charge in [0.25, 0.3) is 0 Å². The topological polar surface area (TPSA) is 95.6 Å². The van der Waals surface area contributed by atoms with Gasteiger partial charge >= 0.3 is 0 Å². The molecule has 184 valence electrons. The van der Waals surface area contributed by atoms with Crippen LogP contribution in [0.1, 0.15) is 38.8 Å². The van der Waals surface area contributed by atoms with Crippen LogP contribution in [0.15, 0.2) is 42.5 Å². The lowest BCUT2D eigenvalue weighted by atomic mass is 10.1. The van der Waals surface area contributed by atoms with E-state index in [0.29, 0.717) is 11.4 Å². The molecule has 2 atom stereocenters. The Kier molecular flexibility index (Phi) is 9.09. The number of hydrogen-bond donors (Lipinski definition) is 2. The van der Waals surface area contributed by atoms with Gasteiger partial charge in [-0.05, 0) is 83.0 Å². The molecular formula is C25H32FN3O4S. The van der Waals surface area contributed by atoms with Gasteiger partial charge in [0, 0.05) is 27.7 Å². The van der Waals surface area contributed by atoms with E-state index >= 15 is 0 Å². The Labute approximate surface area is 202 Å². The number of benzene rings is 2. The second-order valence-corrected chi connectivity index (χ2v) is 10.7. The molecule has 0 aliphatic rings. The summed E-state index contributed by atoms with van der Waals surface area (Å²) < 4.78 is 25.7. The predicted octanol–water partition coefficient (Wildman–Crippen LogP) is 3.47. The van der Waals surface area contributed by atoms with Gasteiger partial charge in [0.1, 0.15) is 23.4 Å². The number of hydrogen-bond acceptors (Lipinski definition) is 4. The highest BCUT2D eigenvalue weighted by atomic mass is 32.2. The lowest BCUT2D eigenvalue weighted by Gasteiger charge is -2.32. The number of carbonyl (C=O) groups is 3. The summed E-state index contributed by atoms with van der Waals surface area (Å²) in [5.41, 5.74) is 2.10. The number of rotatable bonds is 8. The molecule has 2 rings (SSSR count). The molecule has 0 fully saturated rings. The van der Waals surface area contributed by atoms with E-state index in [0.717, 1.165) is 11.1 Å². The van der Waals surface area contributed by atoms with E-state index in [1.165, 1.54) is 29.2 Å². The van der Waals surface area contributed by atoms with Gasteiger partial charge in [0.2, 0.25) is 17.7 Å². The van der Waals surface area contributed by atoms with Crippen molar-refractivity contribution in [2.75, 3.05) is 21.7 Å². The van der Waals surface area contributed by atoms with Crippen LogP contribution in [0, 0.1) is 19.7 Å². The summed E-state index contributed by atoms with van der Waals surface area (Å²) in [5, 5.41) is 5.41. The van der Waals surface area contributed by atoms with Crippen molar-refractivity contribution < 1.29 is 23.0 Å². The highest BCUT2D eigenvalue weighted by Gasteiger charge is 2.31. The molecule has 0 heterocycles. The zero-order chi connectivity index (χ0) is 25.6. The van der Waals surface area contributed by atoms with Crippen LogP contribution >= 0.6 is 0 Å². The summed E-state index contributed by atoms with van der Waals surface area (Å²) in [4.78, 5) is 39.8. The van der Waals surface area contributed by atoms with Gasteiger partial charge in [0.05, 0.1) is 0 Å². The van der Waals surface area contributed by atoms with Gasteiger partial charge < -0.3 is 10.6 Å². The van der Waals surface area contributed by atoms with Crippen LogP contribution in [-0.2, 0) is 25.2 Å². The number of nitrogens with one attached hydrogen (secondary N) is 2. The quantitative estimate of drug-likeness (QED) is 0.594. The third-order valence-corrected chi connectivity index (χ3v) is 6.02. The molecule has 0 saturated carbocycles. The fourth-order valence-electron chi connectivity index (χ4n) is 3.26. The first-order valence-corrected chi connectivity index (χ1v) is 12.4. The normalized spacial score (nSPS) is 13.0. The molecule has 0 unspecified atom stereocenters. The summed E-state index contributed by atoms with van der Waals surface area (Å²) in [6, 6.07) is 9.87. The number of nitrogens with zero attached hydrogens (tertiary/aromatic N) is 1. The average molecular weight is 490 g/mol. The van der Waals surface area contributed by atoms with E-state index in [1.807, 2.05) is 46.8 Å². The van der Waals surface area contributed by atoms with Gasteiger partial charge in [-0.25, -0.2) is 4.39 Å². The van der Waals surface area contributed by atoms with Crippen LogP contribution in [-0.4, -0.2) is 45.0 Å². The zero-order valence-electron chi connectivity index (χ0n) is 20.4. The van der Waals surface area contributed by atoms with Crippen molar-refractivity contribution in [3.05, 3.63) is 59.4 Å². The van der Waals surface area contributed by atoms with E-state index in [9.17, 15) is 23.0 Å². The molecule has 0 spiro atoms. The summed E-state index contributed by atoms with van der Waals surface area (Å²) >= 11 is 0. The predicted molar refractivity (Wildman–Crippen MR) is 134 cm³/mol. The van der Waals surface area contributed by atoms with Crippen LogP contribution in [0.5, 0.6) is 0 Å². The number of anilines is 2. The first-order valence-electron chi connectivity index (χ1n) is 10.9. The van der Waals surface area contributed by atoms with Crippen molar-refractivity contribution in [1.82, 2.24) is 5.32 Å². The minimum absolute atomic E-state index is 0.346. The van der Waals surface area contributed by atoms with E-state index in [2.05, 4.69) is 10.6 Å². The van der Waals surface area contributed by atoms with Crippen LogP contribution in [0.4, 0.5) is 15.8 Å². The van der Waals surface area contributed by atoms with Gasteiger partial charge in [0.15, 0.2) is 0 Å². The fraction of sp³-hybridized carbons (Fsp3) is 0.400. The summed E-state index contributed by atoms with van der Waals surface area (Å²) in [7, 11) is -1.82. The van der Waals surface area contributed by atoms with Crippen molar-refractivity contribution in [2.45, 2.75) is 53.1 Å². The first kappa shape index (κ1) is 27.2. The molecule has 9 heteroatoms. The average Bonchev–Trinajstić information content (AvgIpc) is 2.70. The molecule has 0 radical (unpaired) electrons. The Morgan fingerprint density at radius 2 is 1.65 bits per heavy atom. The van der Waals surface area contributed by atoms with E-state index in [-0.39, 0.29) is 5.91 Å². The number of amides is 3. The zero-order valence-corrected chi connectivity index (χ0v) is 21.2. The maximum atomic E-state index is 13.3. The molecule has 2 N–H and O–H groups in total. The molecule has 0 aliphatic carbocycles. The second-order valence-electron chi connectivity index (χ2n) is 9.25. The van der Waals surface area contributed by atoms with E-state index < -0.39 is 51.5 Å². The Hall–Kier alpha value is -3.07. The molecule has 2 aromatic carbocycles. The van der Waals surface area contributed by atoms with E-state index in [1.54, 1.807) is 13.0 Å². The van der Waals surface area contributed by atoms with Crippen LogP contribution in [0.2, 0.25) is 0 Å². The standard InChI is InChI=1S/C25H32FN3O4S/c1-16-7-8-17(2)21(13-16)29(18(3)24(32)28-25(4,5)6)23(31)15-34(33)14-22(30)27-20-11-9-19(26)10-12-20/h7-13,18H,14-15H2,1-6H3,(H,27,30)(H,28,32)/t18-,34+/m1/s1. The maximum Gasteiger partial charge on any atom is 0.243 e. The minimum atomic E-state index is -1.82. The smallest absolute Gasteiger partial charge is 0.243 e. The number of aryl methyl sites for hydroxylation is 2. The SMILES string of the molecule is Cc1ccc(C)c(N(C(=O)C[S@@](=O)CC(=O)Nc2ccc(F)cc2)[C@H](C)C(=O)NC(C)(C)C)c1. The molecule has 3 amide bonds. The van der Waals surface area contributed by atoms with Gasteiger partial charge in [-0.3, -0.25) is 23.5 Å². The Balaban J connectivity index is 2.19. The molecule has 0 bridgehead atoms. The lowest BCUT2D eigenvalue weighted by molar-refractivity contribution is -0.126. The van der Waals surface area contributed by atoms with Crippen molar-refractivity contribution in [3.63, 3.8) is 0 Å². The van der Waals surface area contributed by atoms with Gasteiger partial charge in [-0.15, -0.1) is 0 Å². The molecule has 2 aromatic rings. The number of halogens is 1. The molecule has 34 heavy (non-hydrogen) atoms. The molecule has 0 aliphatic heterocycles. The highest BCUT2D eigenvalue weighted by Crippen LogP contribution is 2.25. The Morgan fingerprint density at radius 1 is 1.03 bits per heavy atom. The second kappa shape index (κ2) is 11.4. The highest BCUT2D eigenvalue weighted by molar-refractivity contribution is 7.86. The fourth-order valence-corrected chi connectivity index (χ4v) is 4.15. The largest absolute Gasteiger partial charge is 0.350 e. The van der Waals surface area contributed by atoms with Crippen LogP contribution in [0.3, 0.4) is 0 Å². The monoisotopic (exact) mass is 489 g/mol. The number of carbonyl (C=O) groups excluding carboxylic acids is 3. The minimum Gasteiger partial charge on any atom is -0.350 e. The summed E-state index contributed by atoms with van der Waals surface area (Å²) in [6.45, 7) is 10.9. The molecule has 7 nitrogen and oxygen atoms in total. The Morgan fingerprint density at radius 3 is 2.24 bits per heavy atom. The van der Waals surface area contributed by atoms with E-state index in [4.69, 9.17) is 0 Å². The van der Waals surface area contributed by atoms with Crippen molar-refractivity contribution in [1.29, 1.82) is 0 Å². The van der Waals surface area contributed by atoms with Gasteiger partial charge in [-0.1, -0.05) is 12.1 Å². The Bertz CT molecular complexity index is 1080. The molecule has 0 saturated heterocycles. The summed E-state index contributed by atoms with van der Waals surface area (Å²) in [5.74, 6) is -2.72.